The summed E-state index contributed by atoms with van der Waals surface area (Å²) < 4.78 is 17.4. The van der Waals surface area contributed by atoms with E-state index in [2.05, 4.69) is 24.3 Å². The van der Waals surface area contributed by atoms with E-state index in [0.29, 0.717) is 6.61 Å². The van der Waals surface area contributed by atoms with Gasteiger partial charge in [-0.15, -0.1) is 0 Å². The summed E-state index contributed by atoms with van der Waals surface area (Å²) in [6.07, 6.45) is 2.11. The fraction of sp³-hybridized carbons (Fsp3) is 0.280. The maximum absolute atomic E-state index is 6.31. The normalized spacial score (nSPS) is 13.3. The van der Waals surface area contributed by atoms with E-state index in [-0.39, 0.29) is 6.10 Å². The lowest BCUT2D eigenvalue weighted by Crippen LogP contribution is -2.13. The Hall–Kier alpha value is -2.98. The molecular weight excluding hydrogens is 362 g/mol. The molecule has 2 N–H and O–H groups in total. The molecule has 4 rings (SSSR count). The van der Waals surface area contributed by atoms with Gasteiger partial charge in [-0.1, -0.05) is 30.3 Å². The zero-order valence-electron chi connectivity index (χ0n) is 17.2. The number of hydrogen-bond donors (Lipinski definition) is 1. The Morgan fingerprint density at radius 1 is 0.897 bits per heavy atom. The summed E-state index contributed by atoms with van der Waals surface area (Å²) in [6, 6.07) is 18.6. The predicted molar refractivity (Wildman–Crippen MR) is 117 cm³/mol. The van der Waals surface area contributed by atoms with Gasteiger partial charge in [0.05, 0.1) is 26.9 Å². The van der Waals surface area contributed by atoms with Gasteiger partial charge in [0.15, 0.2) is 0 Å². The summed E-state index contributed by atoms with van der Waals surface area (Å²) in [7, 11) is 3.35. The summed E-state index contributed by atoms with van der Waals surface area (Å²) in [4.78, 5) is 0. The molecule has 1 aliphatic rings. The summed E-state index contributed by atoms with van der Waals surface area (Å²) in [5.74, 6) is 1.60. The SMILES string of the molecule is COc1cc(-c2ccc(N)cc2COC2Cc3ccccc3C2)cc(OC)c1C. The molecule has 29 heavy (non-hydrogen) atoms. The van der Waals surface area contributed by atoms with E-state index >= 15 is 0 Å². The molecule has 0 spiro atoms. The first kappa shape index (κ1) is 19.3. The van der Waals surface area contributed by atoms with Crippen LogP contribution in [0.15, 0.2) is 54.6 Å². The largest absolute Gasteiger partial charge is 0.496 e. The molecular formula is C25H27NO3. The van der Waals surface area contributed by atoms with Crippen molar-refractivity contribution in [3.63, 3.8) is 0 Å². The Balaban J connectivity index is 1.60. The van der Waals surface area contributed by atoms with Gasteiger partial charge in [-0.25, -0.2) is 0 Å². The number of fused-ring (bicyclic) bond motifs is 1. The van der Waals surface area contributed by atoms with Crippen LogP contribution in [0.5, 0.6) is 11.5 Å². The molecule has 1 aliphatic carbocycles. The van der Waals surface area contributed by atoms with Crippen LogP contribution in [0.3, 0.4) is 0 Å². The topological polar surface area (TPSA) is 53.7 Å². The molecule has 0 amide bonds. The zero-order valence-corrected chi connectivity index (χ0v) is 17.2. The van der Waals surface area contributed by atoms with E-state index in [1.54, 1.807) is 14.2 Å². The highest BCUT2D eigenvalue weighted by Crippen LogP contribution is 2.36. The van der Waals surface area contributed by atoms with Gasteiger partial charge in [0.1, 0.15) is 11.5 Å². The van der Waals surface area contributed by atoms with E-state index in [0.717, 1.165) is 52.3 Å². The fourth-order valence-corrected chi connectivity index (χ4v) is 4.10. The van der Waals surface area contributed by atoms with Crippen LogP contribution in [0.2, 0.25) is 0 Å². The molecule has 3 aromatic carbocycles. The molecule has 0 fully saturated rings. The number of anilines is 1. The first-order chi connectivity index (χ1) is 14.1. The molecule has 0 saturated carbocycles. The van der Waals surface area contributed by atoms with Crippen LogP contribution >= 0.6 is 0 Å². The van der Waals surface area contributed by atoms with Gasteiger partial charge in [-0.3, -0.25) is 0 Å². The minimum Gasteiger partial charge on any atom is -0.496 e. The number of nitrogen functional groups attached to an aromatic ring is 1. The molecule has 0 heterocycles. The second kappa shape index (κ2) is 8.18. The fourth-order valence-electron chi connectivity index (χ4n) is 4.10. The summed E-state index contributed by atoms with van der Waals surface area (Å²) in [5.41, 5.74) is 13.7. The lowest BCUT2D eigenvalue weighted by Gasteiger charge is -2.17. The van der Waals surface area contributed by atoms with E-state index in [4.69, 9.17) is 19.9 Å². The zero-order chi connectivity index (χ0) is 20.4. The number of nitrogens with two attached hydrogens (primary N) is 1. The number of ether oxygens (including phenoxy) is 3. The maximum atomic E-state index is 6.31. The molecule has 4 nitrogen and oxygen atoms in total. The van der Waals surface area contributed by atoms with Crippen LogP contribution in [0.4, 0.5) is 5.69 Å². The summed E-state index contributed by atoms with van der Waals surface area (Å²) >= 11 is 0. The van der Waals surface area contributed by atoms with Crippen LogP contribution in [-0.2, 0) is 24.2 Å². The maximum Gasteiger partial charge on any atom is 0.126 e. The monoisotopic (exact) mass is 389 g/mol. The van der Waals surface area contributed by atoms with Crippen molar-refractivity contribution < 1.29 is 14.2 Å². The number of benzene rings is 3. The molecule has 0 saturated heterocycles. The molecule has 150 valence electrons. The third kappa shape index (κ3) is 3.94. The molecule has 4 heteroatoms. The van der Waals surface area contributed by atoms with E-state index in [1.807, 2.05) is 37.3 Å². The minimum atomic E-state index is 0.198. The Morgan fingerprint density at radius 3 is 2.10 bits per heavy atom. The third-order valence-electron chi connectivity index (χ3n) is 5.68. The van der Waals surface area contributed by atoms with Gasteiger partial charge in [-0.2, -0.15) is 0 Å². The van der Waals surface area contributed by atoms with Gasteiger partial charge in [0.25, 0.3) is 0 Å². The molecule has 0 radical (unpaired) electrons. The molecule has 0 aliphatic heterocycles. The second-order valence-electron chi connectivity index (χ2n) is 7.53. The van der Waals surface area contributed by atoms with Gasteiger partial charge in [-0.05, 0) is 71.8 Å². The molecule has 0 unspecified atom stereocenters. The average molecular weight is 389 g/mol. The van der Waals surface area contributed by atoms with Crippen LogP contribution in [0.25, 0.3) is 11.1 Å². The third-order valence-corrected chi connectivity index (χ3v) is 5.68. The summed E-state index contributed by atoms with van der Waals surface area (Å²) in [5, 5.41) is 0. The summed E-state index contributed by atoms with van der Waals surface area (Å²) in [6.45, 7) is 2.50. The van der Waals surface area contributed by atoms with Crippen LogP contribution in [0, 0.1) is 6.92 Å². The molecule has 3 aromatic rings. The van der Waals surface area contributed by atoms with Gasteiger partial charge >= 0.3 is 0 Å². The molecule has 0 atom stereocenters. The Bertz CT molecular complexity index is 978. The molecule has 0 bridgehead atoms. The average Bonchev–Trinajstić information content (AvgIpc) is 3.15. The van der Waals surface area contributed by atoms with Crippen LogP contribution < -0.4 is 15.2 Å². The smallest absolute Gasteiger partial charge is 0.126 e. The Morgan fingerprint density at radius 2 is 1.52 bits per heavy atom. The highest BCUT2D eigenvalue weighted by Gasteiger charge is 2.22. The lowest BCUT2D eigenvalue weighted by atomic mass is 9.97. The van der Waals surface area contributed by atoms with Crippen molar-refractivity contribution in [1.82, 2.24) is 0 Å². The van der Waals surface area contributed by atoms with Crippen LogP contribution in [0.1, 0.15) is 22.3 Å². The second-order valence-corrected chi connectivity index (χ2v) is 7.53. The number of methoxy groups -OCH3 is 2. The number of hydrogen-bond acceptors (Lipinski definition) is 4. The van der Waals surface area contributed by atoms with Crippen molar-refractivity contribution in [1.29, 1.82) is 0 Å². The van der Waals surface area contributed by atoms with Gasteiger partial charge < -0.3 is 19.9 Å². The van der Waals surface area contributed by atoms with E-state index in [9.17, 15) is 0 Å². The Kier molecular flexibility index (Phi) is 5.45. The van der Waals surface area contributed by atoms with Crippen LogP contribution in [-0.4, -0.2) is 20.3 Å². The number of rotatable bonds is 6. The van der Waals surface area contributed by atoms with E-state index < -0.39 is 0 Å². The van der Waals surface area contributed by atoms with Crippen molar-refractivity contribution >= 4 is 5.69 Å². The van der Waals surface area contributed by atoms with Crippen molar-refractivity contribution in [2.45, 2.75) is 32.5 Å². The standard InChI is InChI=1S/C25H27NO3/c1-16-24(27-2)13-19(14-25(16)28-3)23-9-8-21(26)10-20(23)15-29-22-11-17-6-4-5-7-18(17)12-22/h4-10,13-14,22H,11-12,15,26H2,1-3H3. The van der Waals surface area contributed by atoms with Crippen molar-refractivity contribution in [3.05, 3.63) is 76.9 Å². The Labute approximate surface area is 172 Å². The van der Waals surface area contributed by atoms with Crippen molar-refractivity contribution in [2.24, 2.45) is 0 Å². The van der Waals surface area contributed by atoms with Gasteiger partial charge in [0.2, 0.25) is 0 Å². The van der Waals surface area contributed by atoms with E-state index in [1.165, 1.54) is 11.1 Å². The highest BCUT2D eigenvalue weighted by molar-refractivity contribution is 5.73. The first-order valence-corrected chi connectivity index (χ1v) is 9.89. The lowest BCUT2D eigenvalue weighted by molar-refractivity contribution is 0.0482. The highest BCUT2D eigenvalue weighted by atomic mass is 16.5. The quantitative estimate of drug-likeness (QED) is 0.607. The van der Waals surface area contributed by atoms with Crippen molar-refractivity contribution in [3.8, 4) is 22.6 Å². The van der Waals surface area contributed by atoms with Crippen molar-refractivity contribution in [2.75, 3.05) is 20.0 Å². The predicted octanol–water partition coefficient (Wildman–Crippen LogP) is 4.95. The first-order valence-electron chi connectivity index (χ1n) is 9.89. The minimum absolute atomic E-state index is 0.198. The molecule has 0 aromatic heterocycles. The van der Waals surface area contributed by atoms with Gasteiger partial charge in [0, 0.05) is 11.3 Å².